The molecule has 0 spiro atoms. The lowest BCUT2D eigenvalue weighted by atomic mass is 10.1. The molecule has 0 aliphatic carbocycles. The van der Waals surface area contributed by atoms with Crippen LogP contribution in [0.5, 0.6) is 17.2 Å². The van der Waals surface area contributed by atoms with Gasteiger partial charge in [-0.3, -0.25) is 4.79 Å². The minimum Gasteiger partial charge on any atom is -0.495 e. The van der Waals surface area contributed by atoms with Crippen LogP contribution in [-0.4, -0.2) is 26.4 Å². The van der Waals surface area contributed by atoms with Gasteiger partial charge in [0, 0.05) is 6.54 Å². The molecule has 110 valence electrons. The van der Waals surface area contributed by atoms with Gasteiger partial charge in [-0.15, -0.1) is 11.3 Å². The molecular formula is C15H15NO4S. The fraction of sp³-hybridized carbons (Fsp3) is 0.267. The van der Waals surface area contributed by atoms with Gasteiger partial charge in [-0.25, -0.2) is 0 Å². The molecule has 1 N–H and O–H groups in total. The molecule has 2 aromatic rings. The summed E-state index contributed by atoms with van der Waals surface area (Å²) in [5, 5.41) is 4.73. The molecule has 0 unspecified atom stereocenters. The maximum atomic E-state index is 12.0. The summed E-state index contributed by atoms with van der Waals surface area (Å²) in [4.78, 5) is 12.6. The molecule has 0 radical (unpaired) electrons. The van der Waals surface area contributed by atoms with E-state index in [-0.39, 0.29) is 12.7 Å². The molecule has 0 saturated heterocycles. The van der Waals surface area contributed by atoms with Gasteiger partial charge in [0.25, 0.3) is 5.91 Å². The lowest BCUT2D eigenvalue weighted by Gasteiger charge is -2.06. The number of carbonyl (C=O) groups is 1. The fourth-order valence-electron chi connectivity index (χ4n) is 2.12. The normalized spacial score (nSPS) is 12.2. The molecule has 3 rings (SSSR count). The van der Waals surface area contributed by atoms with Crippen LogP contribution in [0.2, 0.25) is 0 Å². The zero-order valence-electron chi connectivity index (χ0n) is 11.5. The van der Waals surface area contributed by atoms with E-state index in [1.807, 2.05) is 23.6 Å². The molecule has 2 heterocycles. The van der Waals surface area contributed by atoms with Crippen LogP contribution in [-0.2, 0) is 6.42 Å². The van der Waals surface area contributed by atoms with Crippen molar-refractivity contribution in [2.24, 2.45) is 0 Å². The first-order chi connectivity index (χ1) is 10.3. The van der Waals surface area contributed by atoms with Crippen molar-refractivity contribution in [1.29, 1.82) is 0 Å². The van der Waals surface area contributed by atoms with E-state index in [2.05, 4.69) is 5.32 Å². The van der Waals surface area contributed by atoms with E-state index in [0.29, 0.717) is 17.2 Å². The molecule has 0 atom stereocenters. The minimum atomic E-state index is -0.109. The van der Waals surface area contributed by atoms with Crippen LogP contribution in [0.25, 0.3) is 0 Å². The van der Waals surface area contributed by atoms with Crippen molar-refractivity contribution in [3.05, 3.63) is 40.1 Å². The van der Waals surface area contributed by atoms with Gasteiger partial charge in [-0.2, -0.15) is 0 Å². The van der Waals surface area contributed by atoms with Crippen molar-refractivity contribution in [1.82, 2.24) is 5.32 Å². The van der Waals surface area contributed by atoms with Crippen molar-refractivity contribution in [3.63, 3.8) is 0 Å². The predicted octanol–water partition coefficient (Wildman–Crippen LogP) is 2.46. The molecule has 1 aliphatic rings. The summed E-state index contributed by atoms with van der Waals surface area (Å²) in [5.74, 6) is 2.04. The van der Waals surface area contributed by atoms with Crippen molar-refractivity contribution in [3.8, 4) is 17.2 Å². The number of fused-ring (bicyclic) bond motifs is 1. The number of benzene rings is 1. The molecule has 1 aromatic heterocycles. The Morgan fingerprint density at radius 3 is 3.05 bits per heavy atom. The number of rotatable bonds is 5. The molecule has 0 bridgehead atoms. The SMILES string of the molecule is COc1ccsc1C(=O)NCCc1ccc2c(c1)OCO2. The molecule has 21 heavy (non-hydrogen) atoms. The fourth-order valence-corrected chi connectivity index (χ4v) is 2.90. The second-order valence-corrected chi connectivity index (χ2v) is 5.43. The van der Waals surface area contributed by atoms with Crippen LogP contribution < -0.4 is 19.5 Å². The minimum absolute atomic E-state index is 0.109. The number of ether oxygens (including phenoxy) is 3. The summed E-state index contributed by atoms with van der Waals surface area (Å²) in [6.07, 6.45) is 0.732. The standard InChI is InChI=1S/C15H15NO4S/c1-18-12-5-7-21-14(12)15(17)16-6-4-10-2-3-11-13(8-10)20-9-19-11/h2-3,5,7-8H,4,6,9H2,1H3,(H,16,17). The third-order valence-electron chi connectivity index (χ3n) is 3.19. The summed E-state index contributed by atoms with van der Waals surface area (Å²) >= 11 is 1.37. The Bertz CT molecular complexity index is 653. The number of methoxy groups -OCH3 is 1. The van der Waals surface area contributed by atoms with Crippen LogP contribution in [0.15, 0.2) is 29.6 Å². The van der Waals surface area contributed by atoms with Gasteiger partial charge in [0.05, 0.1) is 7.11 Å². The van der Waals surface area contributed by atoms with Gasteiger partial charge in [0.15, 0.2) is 11.5 Å². The lowest BCUT2D eigenvalue weighted by molar-refractivity contribution is 0.0955. The first-order valence-electron chi connectivity index (χ1n) is 6.56. The number of thiophene rings is 1. The largest absolute Gasteiger partial charge is 0.495 e. The lowest BCUT2D eigenvalue weighted by Crippen LogP contribution is -2.25. The Morgan fingerprint density at radius 1 is 1.33 bits per heavy atom. The van der Waals surface area contributed by atoms with Gasteiger partial charge in [-0.05, 0) is 35.6 Å². The molecule has 1 aromatic carbocycles. The van der Waals surface area contributed by atoms with E-state index in [4.69, 9.17) is 14.2 Å². The second-order valence-electron chi connectivity index (χ2n) is 4.51. The average Bonchev–Trinajstić information content (AvgIpc) is 3.15. The van der Waals surface area contributed by atoms with Crippen LogP contribution in [0.4, 0.5) is 0 Å². The quantitative estimate of drug-likeness (QED) is 0.922. The molecule has 0 saturated carbocycles. The Morgan fingerprint density at radius 2 is 2.19 bits per heavy atom. The van der Waals surface area contributed by atoms with E-state index in [1.165, 1.54) is 11.3 Å². The molecule has 1 amide bonds. The van der Waals surface area contributed by atoms with Crippen LogP contribution in [0.3, 0.4) is 0 Å². The van der Waals surface area contributed by atoms with E-state index < -0.39 is 0 Å². The maximum Gasteiger partial charge on any atom is 0.265 e. The number of hydrogen-bond donors (Lipinski definition) is 1. The van der Waals surface area contributed by atoms with Crippen molar-refractivity contribution < 1.29 is 19.0 Å². The topological polar surface area (TPSA) is 56.8 Å². The third kappa shape index (κ3) is 2.95. The second kappa shape index (κ2) is 6.05. The van der Waals surface area contributed by atoms with Crippen molar-refractivity contribution in [2.45, 2.75) is 6.42 Å². The maximum absolute atomic E-state index is 12.0. The number of amides is 1. The monoisotopic (exact) mass is 305 g/mol. The first kappa shape index (κ1) is 13.8. The highest BCUT2D eigenvalue weighted by atomic mass is 32.1. The Kier molecular flexibility index (Phi) is 3.96. The highest BCUT2D eigenvalue weighted by molar-refractivity contribution is 7.12. The Hall–Kier alpha value is -2.21. The van der Waals surface area contributed by atoms with Crippen LogP contribution >= 0.6 is 11.3 Å². The van der Waals surface area contributed by atoms with Crippen molar-refractivity contribution >= 4 is 17.2 Å². The van der Waals surface area contributed by atoms with Crippen LogP contribution in [0, 0.1) is 0 Å². The molecule has 1 aliphatic heterocycles. The summed E-state index contributed by atoms with van der Waals surface area (Å²) in [5.41, 5.74) is 1.10. The molecular weight excluding hydrogens is 290 g/mol. The number of nitrogens with one attached hydrogen (secondary N) is 1. The number of hydrogen-bond acceptors (Lipinski definition) is 5. The third-order valence-corrected chi connectivity index (χ3v) is 4.09. The number of carbonyl (C=O) groups excluding carboxylic acids is 1. The smallest absolute Gasteiger partial charge is 0.265 e. The van der Waals surface area contributed by atoms with Gasteiger partial charge >= 0.3 is 0 Å². The predicted molar refractivity (Wildman–Crippen MR) is 79.5 cm³/mol. The van der Waals surface area contributed by atoms with Gasteiger partial charge < -0.3 is 19.5 Å². The van der Waals surface area contributed by atoms with Gasteiger partial charge in [-0.1, -0.05) is 6.07 Å². The first-order valence-corrected chi connectivity index (χ1v) is 7.44. The zero-order chi connectivity index (χ0) is 14.7. The zero-order valence-corrected chi connectivity index (χ0v) is 12.4. The van der Waals surface area contributed by atoms with E-state index in [0.717, 1.165) is 23.5 Å². The van der Waals surface area contributed by atoms with E-state index >= 15 is 0 Å². The summed E-state index contributed by atoms with van der Waals surface area (Å²) < 4.78 is 15.7. The van der Waals surface area contributed by atoms with Gasteiger partial charge in [0.1, 0.15) is 10.6 Å². The van der Waals surface area contributed by atoms with E-state index in [1.54, 1.807) is 13.2 Å². The highest BCUT2D eigenvalue weighted by Crippen LogP contribution is 2.32. The molecule has 6 heteroatoms. The highest BCUT2D eigenvalue weighted by Gasteiger charge is 2.15. The molecule has 5 nitrogen and oxygen atoms in total. The average molecular weight is 305 g/mol. The summed E-state index contributed by atoms with van der Waals surface area (Å²) in [6.45, 7) is 0.827. The van der Waals surface area contributed by atoms with E-state index in [9.17, 15) is 4.79 Å². The Balaban J connectivity index is 1.55. The molecule has 0 fully saturated rings. The van der Waals surface area contributed by atoms with Crippen LogP contribution in [0.1, 0.15) is 15.2 Å². The summed E-state index contributed by atoms with van der Waals surface area (Å²) in [7, 11) is 1.56. The van der Waals surface area contributed by atoms with Gasteiger partial charge in [0.2, 0.25) is 6.79 Å². The summed E-state index contributed by atoms with van der Waals surface area (Å²) in [6, 6.07) is 7.60. The van der Waals surface area contributed by atoms with Crippen molar-refractivity contribution in [2.75, 3.05) is 20.4 Å². The Labute approximate surface area is 126 Å².